The van der Waals surface area contributed by atoms with Crippen molar-refractivity contribution in [2.75, 3.05) is 24.6 Å². The fraction of sp³-hybridized carbons (Fsp3) is 0.786. The maximum atomic E-state index is 11.9. The molecule has 0 saturated carbocycles. The second-order valence-electron chi connectivity index (χ2n) is 6.08. The lowest BCUT2D eigenvalue weighted by atomic mass is 10.0. The van der Waals surface area contributed by atoms with Crippen molar-refractivity contribution >= 4 is 15.7 Å². The number of hydrogen-bond donors (Lipinski definition) is 1. The van der Waals surface area contributed by atoms with Crippen LogP contribution in [0.15, 0.2) is 11.6 Å². The van der Waals surface area contributed by atoms with E-state index in [1.807, 2.05) is 13.8 Å². The van der Waals surface area contributed by atoms with Crippen molar-refractivity contribution in [1.29, 1.82) is 0 Å². The van der Waals surface area contributed by atoms with Gasteiger partial charge >= 0.3 is 0 Å². The Balaban J connectivity index is 2.07. The third kappa shape index (κ3) is 4.06. The average molecular weight is 300 g/mol. The topological polar surface area (TPSA) is 66.5 Å². The van der Waals surface area contributed by atoms with E-state index >= 15 is 0 Å². The monoisotopic (exact) mass is 300 g/mol. The predicted molar refractivity (Wildman–Crippen MR) is 79.2 cm³/mol. The van der Waals surface area contributed by atoms with Crippen molar-refractivity contribution in [3.8, 4) is 0 Å². The van der Waals surface area contributed by atoms with Gasteiger partial charge in [-0.2, -0.15) is 0 Å². The molecule has 0 aromatic carbocycles. The molecule has 2 atom stereocenters. The zero-order valence-corrected chi connectivity index (χ0v) is 13.1. The lowest BCUT2D eigenvalue weighted by Gasteiger charge is -2.34. The summed E-state index contributed by atoms with van der Waals surface area (Å²) in [6.07, 6.45) is 4.97. The van der Waals surface area contributed by atoms with Crippen LogP contribution in [0.1, 0.15) is 33.1 Å². The van der Waals surface area contributed by atoms with E-state index < -0.39 is 9.84 Å². The number of amides is 1. The van der Waals surface area contributed by atoms with E-state index in [1.54, 1.807) is 0 Å². The normalized spacial score (nSPS) is 29.9. The maximum Gasteiger partial charge on any atom is 0.244 e. The molecule has 2 aliphatic rings. The van der Waals surface area contributed by atoms with Gasteiger partial charge < -0.3 is 5.32 Å². The fourth-order valence-electron chi connectivity index (χ4n) is 3.06. The SMILES string of the molecule is CC(C)=CC(=O)N[C@@H]1CS(=O)(=O)C[C@@H]1N1CCCCC1. The molecule has 0 spiro atoms. The van der Waals surface area contributed by atoms with Gasteiger partial charge in [-0.25, -0.2) is 8.42 Å². The van der Waals surface area contributed by atoms with E-state index in [9.17, 15) is 13.2 Å². The quantitative estimate of drug-likeness (QED) is 0.780. The van der Waals surface area contributed by atoms with E-state index in [-0.39, 0.29) is 29.5 Å². The summed E-state index contributed by atoms with van der Waals surface area (Å²) in [6, 6.07) is -0.337. The molecule has 114 valence electrons. The van der Waals surface area contributed by atoms with Crippen LogP contribution in [0.5, 0.6) is 0 Å². The molecule has 2 fully saturated rings. The lowest BCUT2D eigenvalue weighted by Crippen LogP contribution is -2.52. The molecule has 2 saturated heterocycles. The van der Waals surface area contributed by atoms with Crippen molar-refractivity contribution < 1.29 is 13.2 Å². The second-order valence-corrected chi connectivity index (χ2v) is 8.23. The Morgan fingerprint density at radius 3 is 2.40 bits per heavy atom. The summed E-state index contributed by atoms with van der Waals surface area (Å²) >= 11 is 0. The zero-order chi connectivity index (χ0) is 14.8. The molecular weight excluding hydrogens is 276 g/mol. The van der Waals surface area contributed by atoms with Crippen LogP contribution in [0.3, 0.4) is 0 Å². The van der Waals surface area contributed by atoms with Gasteiger partial charge in [0.15, 0.2) is 9.84 Å². The van der Waals surface area contributed by atoms with Gasteiger partial charge in [0.1, 0.15) is 0 Å². The minimum Gasteiger partial charge on any atom is -0.347 e. The van der Waals surface area contributed by atoms with Crippen molar-refractivity contribution in [2.24, 2.45) is 0 Å². The Morgan fingerprint density at radius 2 is 1.80 bits per heavy atom. The van der Waals surface area contributed by atoms with Gasteiger partial charge in [-0.05, 0) is 39.8 Å². The van der Waals surface area contributed by atoms with Gasteiger partial charge in [0.25, 0.3) is 0 Å². The molecule has 2 rings (SSSR count). The van der Waals surface area contributed by atoms with Gasteiger partial charge in [0.2, 0.25) is 5.91 Å². The number of nitrogens with zero attached hydrogens (tertiary/aromatic N) is 1. The fourth-order valence-corrected chi connectivity index (χ4v) is 5.02. The highest BCUT2D eigenvalue weighted by atomic mass is 32.2. The highest BCUT2D eigenvalue weighted by Gasteiger charge is 2.41. The Labute approximate surface area is 121 Å². The molecule has 0 bridgehead atoms. The first-order valence-corrected chi connectivity index (χ1v) is 9.09. The molecular formula is C14H24N2O3S. The van der Waals surface area contributed by atoms with E-state index in [2.05, 4.69) is 10.2 Å². The first-order chi connectivity index (χ1) is 9.37. The highest BCUT2D eigenvalue weighted by Crippen LogP contribution is 2.22. The molecule has 0 unspecified atom stereocenters. The highest BCUT2D eigenvalue weighted by molar-refractivity contribution is 7.91. The summed E-state index contributed by atoms with van der Waals surface area (Å²) in [5, 5.41) is 2.88. The van der Waals surface area contributed by atoms with Crippen LogP contribution in [0.4, 0.5) is 0 Å². The zero-order valence-electron chi connectivity index (χ0n) is 12.3. The van der Waals surface area contributed by atoms with Crippen molar-refractivity contribution in [2.45, 2.75) is 45.2 Å². The van der Waals surface area contributed by atoms with Crippen LogP contribution in [-0.2, 0) is 14.6 Å². The predicted octanol–water partition coefficient (Wildman–Crippen LogP) is 0.720. The average Bonchev–Trinajstić information content (AvgIpc) is 2.64. The Morgan fingerprint density at radius 1 is 1.15 bits per heavy atom. The van der Waals surface area contributed by atoms with Gasteiger partial charge in [-0.3, -0.25) is 9.69 Å². The van der Waals surface area contributed by atoms with Gasteiger partial charge in [0.05, 0.1) is 17.5 Å². The van der Waals surface area contributed by atoms with Gasteiger partial charge in [-0.1, -0.05) is 12.0 Å². The lowest BCUT2D eigenvalue weighted by molar-refractivity contribution is -0.117. The summed E-state index contributed by atoms with van der Waals surface area (Å²) in [5.74, 6) is 0.0534. The van der Waals surface area contributed by atoms with Crippen LogP contribution < -0.4 is 5.32 Å². The third-order valence-electron chi connectivity index (χ3n) is 3.93. The number of piperidine rings is 1. The summed E-state index contributed by atoms with van der Waals surface area (Å²) in [4.78, 5) is 14.1. The van der Waals surface area contributed by atoms with Crippen LogP contribution in [0.25, 0.3) is 0 Å². The summed E-state index contributed by atoms with van der Waals surface area (Å²) < 4.78 is 23.8. The molecule has 0 radical (unpaired) electrons. The number of carbonyl (C=O) groups excluding carboxylic acids is 1. The van der Waals surface area contributed by atoms with E-state index in [4.69, 9.17) is 0 Å². The first-order valence-electron chi connectivity index (χ1n) is 7.27. The molecule has 5 nitrogen and oxygen atoms in total. The number of allylic oxidation sites excluding steroid dienone is 1. The molecule has 0 aromatic heterocycles. The molecule has 2 heterocycles. The van der Waals surface area contributed by atoms with Crippen molar-refractivity contribution in [1.82, 2.24) is 10.2 Å². The van der Waals surface area contributed by atoms with Crippen LogP contribution in [0.2, 0.25) is 0 Å². The summed E-state index contributed by atoms with van der Waals surface area (Å²) in [7, 11) is -3.05. The number of rotatable bonds is 3. The maximum absolute atomic E-state index is 11.9. The Bertz CT molecular complexity index is 489. The summed E-state index contributed by atoms with van der Waals surface area (Å²) in [5.41, 5.74) is 0.915. The standard InChI is InChI=1S/C14H24N2O3S/c1-11(2)8-14(17)15-12-9-20(18,19)10-13(12)16-6-4-3-5-7-16/h8,12-13H,3-7,9-10H2,1-2H3,(H,15,17)/t12-,13+/m1/s1. The largest absolute Gasteiger partial charge is 0.347 e. The third-order valence-corrected chi connectivity index (χ3v) is 5.65. The number of sulfone groups is 1. The Hall–Kier alpha value is -0.880. The van der Waals surface area contributed by atoms with Crippen molar-refractivity contribution in [3.05, 3.63) is 11.6 Å². The minimum atomic E-state index is -3.05. The van der Waals surface area contributed by atoms with Crippen LogP contribution in [0, 0.1) is 0 Å². The smallest absolute Gasteiger partial charge is 0.244 e. The molecule has 6 heteroatoms. The number of hydrogen-bond acceptors (Lipinski definition) is 4. The molecule has 20 heavy (non-hydrogen) atoms. The van der Waals surface area contributed by atoms with E-state index in [1.165, 1.54) is 12.5 Å². The molecule has 1 N–H and O–H groups in total. The van der Waals surface area contributed by atoms with Gasteiger partial charge in [-0.15, -0.1) is 0 Å². The minimum absolute atomic E-state index is 0.0604. The second kappa shape index (κ2) is 6.26. The molecule has 0 aromatic rings. The summed E-state index contributed by atoms with van der Waals surface area (Å²) in [6.45, 7) is 5.59. The number of nitrogens with one attached hydrogen (secondary N) is 1. The van der Waals surface area contributed by atoms with E-state index in [0.29, 0.717) is 0 Å². The molecule has 0 aliphatic carbocycles. The Kier molecular flexibility index (Phi) is 4.86. The molecule has 1 amide bonds. The number of carbonyl (C=O) groups is 1. The van der Waals surface area contributed by atoms with E-state index in [0.717, 1.165) is 31.5 Å². The first kappa shape index (κ1) is 15.5. The molecule has 2 aliphatic heterocycles. The van der Waals surface area contributed by atoms with Gasteiger partial charge in [0, 0.05) is 12.1 Å². The van der Waals surface area contributed by atoms with Crippen molar-refractivity contribution in [3.63, 3.8) is 0 Å². The number of likely N-dealkylation sites (tertiary alicyclic amines) is 1. The van der Waals surface area contributed by atoms with Crippen LogP contribution in [-0.4, -0.2) is 55.9 Å². The van der Waals surface area contributed by atoms with Crippen LogP contribution >= 0.6 is 0 Å².